The second-order valence-electron chi connectivity index (χ2n) is 11.9. The molecule has 0 fully saturated rings. The smallest absolute Gasteiger partial charge is 0.305 e. The Morgan fingerprint density at radius 3 is 1.86 bits per heavy atom. The van der Waals surface area contributed by atoms with Gasteiger partial charge in [-0.1, -0.05) is 32.0 Å². The molecule has 5 amide bonds. The van der Waals surface area contributed by atoms with Crippen LogP contribution in [0.3, 0.4) is 0 Å². The maximum Gasteiger partial charge on any atom is 0.305 e. The molecule has 0 unspecified atom stereocenters. The number of phenols is 1. The maximum atomic E-state index is 13.4. The number of benzene rings is 2. The van der Waals surface area contributed by atoms with Crippen molar-refractivity contribution < 1.29 is 58.8 Å². The summed E-state index contributed by atoms with van der Waals surface area (Å²) < 4.78 is 0. The number of amides is 5. The number of para-hydroxylation sites is 1. The monoisotopic (exact) mass is 710 g/mol. The summed E-state index contributed by atoms with van der Waals surface area (Å²) >= 11 is 0. The Morgan fingerprint density at radius 1 is 0.686 bits per heavy atom. The van der Waals surface area contributed by atoms with Gasteiger partial charge in [-0.3, -0.25) is 38.4 Å². The third kappa shape index (κ3) is 11.1. The van der Waals surface area contributed by atoms with Gasteiger partial charge in [0.1, 0.15) is 29.9 Å². The first kappa shape index (κ1) is 39.1. The van der Waals surface area contributed by atoms with E-state index in [4.69, 9.17) is 5.11 Å². The summed E-state index contributed by atoms with van der Waals surface area (Å²) in [5, 5.41) is 51.2. The van der Waals surface area contributed by atoms with Gasteiger partial charge in [-0.05, 0) is 36.6 Å². The molecule has 18 heteroatoms. The lowest BCUT2D eigenvalue weighted by Crippen LogP contribution is -2.59. The van der Waals surface area contributed by atoms with Crippen LogP contribution in [0.4, 0.5) is 5.69 Å². The molecule has 51 heavy (non-hydrogen) atoms. The SMILES string of the molecule is CC(=O)N[C@@H](CC(=O)O)C(=O)N[C@@H](CCC(=O)O)C(=O)N[C@H](C(=O)N[C@@H](CC(=O)O)C(=O)Nc1ccc2nc3ccccc3cc2c1O)C(C)C. The Morgan fingerprint density at radius 2 is 1.27 bits per heavy atom. The van der Waals surface area contributed by atoms with Crippen LogP contribution in [0.1, 0.15) is 46.5 Å². The summed E-state index contributed by atoms with van der Waals surface area (Å²) in [5.74, 6) is -10.3. The minimum atomic E-state index is -1.71. The summed E-state index contributed by atoms with van der Waals surface area (Å²) in [4.78, 5) is 103. The van der Waals surface area contributed by atoms with E-state index in [0.717, 1.165) is 6.92 Å². The average molecular weight is 711 g/mol. The predicted octanol–water partition coefficient (Wildman–Crippen LogP) is 0.461. The van der Waals surface area contributed by atoms with Gasteiger partial charge in [-0.25, -0.2) is 4.98 Å². The first-order valence-electron chi connectivity index (χ1n) is 15.6. The van der Waals surface area contributed by atoms with Crippen LogP contribution in [0.25, 0.3) is 21.8 Å². The first-order chi connectivity index (χ1) is 24.0. The number of nitrogens with zero attached hydrogens (tertiary/aromatic N) is 1. The van der Waals surface area contributed by atoms with E-state index in [0.29, 0.717) is 21.8 Å². The highest BCUT2D eigenvalue weighted by Gasteiger charge is 2.34. The van der Waals surface area contributed by atoms with Crippen LogP contribution in [-0.2, 0) is 38.4 Å². The number of aromatic nitrogens is 1. The predicted molar refractivity (Wildman–Crippen MR) is 179 cm³/mol. The Labute approximate surface area is 290 Å². The number of carboxylic acid groups (broad SMARTS) is 3. The highest BCUT2D eigenvalue weighted by Crippen LogP contribution is 2.33. The number of hydrogen-bond donors (Lipinski definition) is 9. The maximum absolute atomic E-state index is 13.4. The van der Waals surface area contributed by atoms with E-state index in [1.54, 1.807) is 30.3 Å². The highest BCUT2D eigenvalue weighted by molar-refractivity contribution is 6.05. The summed E-state index contributed by atoms with van der Waals surface area (Å²) in [6.07, 6.45) is -2.88. The number of pyridine rings is 1. The molecule has 3 rings (SSSR count). The molecular weight excluding hydrogens is 672 g/mol. The molecule has 0 aliphatic rings. The van der Waals surface area contributed by atoms with Crippen molar-refractivity contribution in [1.82, 2.24) is 26.3 Å². The lowest BCUT2D eigenvalue weighted by atomic mass is 10.0. The molecule has 1 aromatic heterocycles. The van der Waals surface area contributed by atoms with E-state index < -0.39 is 103 Å². The zero-order valence-corrected chi connectivity index (χ0v) is 27.8. The average Bonchev–Trinajstić information content (AvgIpc) is 3.04. The fourth-order valence-electron chi connectivity index (χ4n) is 5.03. The Bertz CT molecular complexity index is 1850. The van der Waals surface area contributed by atoms with E-state index in [2.05, 4.69) is 31.6 Å². The third-order valence-electron chi connectivity index (χ3n) is 7.54. The molecule has 18 nitrogen and oxygen atoms in total. The van der Waals surface area contributed by atoms with Crippen LogP contribution < -0.4 is 26.6 Å². The Kier molecular flexibility index (Phi) is 13.3. The summed E-state index contributed by atoms with van der Waals surface area (Å²) in [6, 6.07) is 5.29. The third-order valence-corrected chi connectivity index (χ3v) is 7.54. The van der Waals surface area contributed by atoms with Gasteiger partial charge in [0.15, 0.2) is 0 Å². The number of nitrogens with one attached hydrogen (secondary N) is 5. The van der Waals surface area contributed by atoms with Gasteiger partial charge in [0.25, 0.3) is 0 Å². The second-order valence-corrected chi connectivity index (χ2v) is 11.9. The molecule has 0 aliphatic carbocycles. The summed E-state index contributed by atoms with van der Waals surface area (Å²) in [5.41, 5.74) is 0.987. The molecule has 4 atom stereocenters. The van der Waals surface area contributed by atoms with Gasteiger partial charge < -0.3 is 47.0 Å². The number of fused-ring (bicyclic) bond motifs is 2. The number of anilines is 1. The van der Waals surface area contributed by atoms with Gasteiger partial charge in [0.05, 0.1) is 29.6 Å². The largest absolute Gasteiger partial charge is 0.505 e. The van der Waals surface area contributed by atoms with Crippen molar-refractivity contribution in [2.45, 2.75) is 70.6 Å². The number of aromatic hydroxyl groups is 1. The molecule has 0 saturated carbocycles. The molecular formula is C33H38N6O12. The molecule has 3 aromatic rings. The lowest BCUT2D eigenvalue weighted by molar-refractivity contribution is -0.142. The standard InChI is InChI=1S/C33H38N6O12/c1-15(2)28(39-30(48)22(10-11-25(41)42)37-31(49)23(13-26(43)44)34-16(3)40)33(51)38-24(14-27(45)46)32(50)36-21-9-8-20-18(29(21)47)12-17-6-4-5-7-19(17)35-20/h4-9,12,15,22-24,28,47H,10-11,13-14H2,1-3H3,(H,34,40)(H,36,50)(H,37,49)(H,38,51)(H,39,48)(H,41,42)(H,43,44)(H,45,46)/t22-,23-,24-,28-/m0/s1. The van der Waals surface area contributed by atoms with Gasteiger partial charge in [-0.15, -0.1) is 0 Å². The van der Waals surface area contributed by atoms with Crippen molar-refractivity contribution in [2.24, 2.45) is 5.92 Å². The Balaban J connectivity index is 1.81. The van der Waals surface area contributed by atoms with E-state index in [-0.39, 0.29) is 11.4 Å². The second kappa shape index (κ2) is 17.4. The molecule has 0 aliphatic heterocycles. The van der Waals surface area contributed by atoms with Gasteiger partial charge in [0, 0.05) is 24.1 Å². The van der Waals surface area contributed by atoms with Crippen molar-refractivity contribution >= 4 is 74.9 Å². The van der Waals surface area contributed by atoms with Crippen LogP contribution in [0.5, 0.6) is 5.75 Å². The number of hydrogen-bond acceptors (Lipinski definition) is 10. The Hall–Kier alpha value is -6.33. The van der Waals surface area contributed by atoms with Crippen molar-refractivity contribution in [2.75, 3.05) is 5.32 Å². The summed E-state index contributed by atoms with van der Waals surface area (Å²) in [7, 11) is 0. The molecule has 0 spiro atoms. The van der Waals surface area contributed by atoms with Crippen LogP contribution in [-0.4, -0.2) is 97.0 Å². The zero-order valence-electron chi connectivity index (χ0n) is 27.8. The van der Waals surface area contributed by atoms with Gasteiger partial charge in [0.2, 0.25) is 29.5 Å². The lowest BCUT2D eigenvalue weighted by Gasteiger charge is -2.27. The molecule has 272 valence electrons. The van der Waals surface area contributed by atoms with Gasteiger partial charge in [-0.2, -0.15) is 0 Å². The van der Waals surface area contributed by atoms with Crippen molar-refractivity contribution in [1.29, 1.82) is 0 Å². The number of carbonyl (C=O) groups is 8. The minimum Gasteiger partial charge on any atom is -0.505 e. The van der Waals surface area contributed by atoms with Crippen molar-refractivity contribution in [3.05, 3.63) is 42.5 Å². The topological polar surface area (TPSA) is 291 Å². The van der Waals surface area contributed by atoms with Crippen LogP contribution >= 0.6 is 0 Å². The minimum absolute atomic E-state index is 0.0968. The number of carboxylic acids is 3. The fraction of sp³-hybridized carbons (Fsp3) is 0.364. The van der Waals surface area contributed by atoms with Crippen LogP contribution in [0.15, 0.2) is 42.5 Å². The molecule has 1 heterocycles. The van der Waals surface area contributed by atoms with E-state index in [1.165, 1.54) is 26.0 Å². The van der Waals surface area contributed by atoms with E-state index in [9.17, 15) is 53.7 Å². The zero-order chi connectivity index (χ0) is 38.0. The van der Waals surface area contributed by atoms with E-state index >= 15 is 0 Å². The van der Waals surface area contributed by atoms with Crippen molar-refractivity contribution in [3.8, 4) is 5.75 Å². The highest BCUT2D eigenvalue weighted by atomic mass is 16.4. The number of carbonyl (C=O) groups excluding carboxylic acids is 5. The summed E-state index contributed by atoms with van der Waals surface area (Å²) in [6.45, 7) is 4.04. The van der Waals surface area contributed by atoms with Crippen LogP contribution in [0.2, 0.25) is 0 Å². The molecule has 9 N–H and O–H groups in total. The van der Waals surface area contributed by atoms with E-state index in [1.807, 2.05) is 0 Å². The molecule has 0 radical (unpaired) electrons. The van der Waals surface area contributed by atoms with Crippen molar-refractivity contribution in [3.63, 3.8) is 0 Å². The first-order valence-corrected chi connectivity index (χ1v) is 15.6. The number of aliphatic carboxylic acids is 3. The fourth-order valence-corrected chi connectivity index (χ4v) is 5.03. The number of rotatable bonds is 17. The van der Waals surface area contributed by atoms with Gasteiger partial charge >= 0.3 is 17.9 Å². The molecule has 0 bridgehead atoms. The molecule has 2 aromatic carbocycles. The quantitative estimate of drug-likeness (QED) is 0.0681. The number of phenolic OH excluding ortho intramolecular Hbond substituents is 1. The normalized spacial score (nSPS) is 13.3. The van der Waals surface area contributed by atoms with Crippen LogP contribution in [0, 0.1) is 5.92 Å². The molecule has 0 saturated heterocycles.